The van der Waals surface area contributed by atoms with E-state index in [4.69, 9.17) is 4.74 Å². The third-order valence-electron chi connectivity index (χ3n) is 10.1. The van der Waals surface area contributed by atoms with Gasteiger partial charge in [0.2, 0.25) is 5.91 Å². The Kier molecular flexibility index (Phi) is 10.3. The molecule has 3 aromatic carbocycles. The Morgan fingerprint density at radius 3 is 1.89 bits per heavy atom. The third kappa shape index (κ3) is 7.36. The highest BCUT2D eigenvalue weighted by atomic mass is 16.5. The normalized spacial score (nSPS) is 19.2. The molecule has 2 amide bonds. The van der Waals surface area contributed by atoms with E-state index in [-0.39, 0.29) is 29.8 Å². The van der Waals surface area contributed by atoms with Crippen molar-refractivity contribution in [2.24, 2.45) is 5.92 Å². The van der Waals surface area contributed by atoms with Crippen molar-refractivity contribution >= 4 is 11.8 Å². The molecule has 5 heteroatoms. The molecule has 0 aromatic heterocycles. The smallest absolute Gasteiger partial charge is 0.255 e. The average Bonchev–Trinajstić information content (AvgIpc) is 3.09. The van der Waals surface area contributed by atoms with E-state index >= 15 is 0 Å². The molecule has 232 valence electrons. The van der Waals surface area contributed by atoms with Crippen LogP contribution >= 0.6 is 0 Å². The summed E-state index contributed by atoms with van der Waals surface area (Å²) in [7, 11) is 0. The number of para-hydroxylation sites is 1. The van der Waals surface area contributed by atoms with Gasteiger partial charge in [0.1, 0.15) is 17.5 Å². The van der Waals surface area contributed by atoms with Crippen molar-refractivity contribution in [2.45, 2.75) is 114 Å². The number of hydrogen-bond donors (Lipinski definition) is 1. The minimum Gasteiger partial charge on any atom is -0.457 e. The minimum absolute atomic E-state index is 0.00600. The number of amides is 2. The Balaban J connectivity index is 1.32. The number of rotatable bonds is 9. The van der Waals surface area contributed by atoms with Crippen LogP contribution in [0.25, 0.3) is 11.1 Å². The molecule has 0 bridgehead atoms. The van der Waals surface area contributed by atoms with Crippen molar-refractivity contribution in [1.82, 2.24) is 10.2 Å². The molecule has 1 N–H and O–H groups in total. The van der Waals surface area contributed by atoms with Crippen LogP contribution in [0.2, 0.25) is 0 Å². The number of carbonyl (C=O) groups excluding carboxylic acids is 2. The first-order valence-corrected chi connectivity index (χ1v) is 17.2. The van der Waals surface area contributed by atoms with Gasteiger partial charge in [0, 0.05) is 17.6 Å². The average molecular weight is 593 g/mol. The molecule has 0 radical (unpaired) electrons. The fourth-order valence-corrected chi connectivity index (χ4v) is 7.82. The predicted octanol–water partition coefficient (Wildman–Crippen LogP) is 9.32. The van der Waals surface area contributed by atoms with Gasteiger partial charge in [-0.3, -0.25) is 9.59 Å². The van der Waals surface area contributed by atoms with Gasteiger partial charge in [-0.1, -0.05) is 106 Å². The van der Waals surface area contributed by atoms with Crippen molar-refractivity contribution in [2.75, 3.05) is 0 Å². The van der Waals surface area contributed by atoms with E-state index in [1.165, 1.54) is 32.1 Å². The van der Waals surface area contributed by atoms with E-state index < -0.39 is 6.04 Å². The molecule has 6 rings (SSSR count). The Bertz CT molecular complexity index is 1350. The van der Waals surface area contributed by atoms with Gasteiger partial charge in [0.25, 0.3) is 5.91 Å². The van der Waals surface area contributed by atoms with Crippen LogP contribution in [0.5, 0.6) is 11.5 Å². The molecular formula is C39H48N2O3. The van der Waals surface area contributed by atoms with Crippen LogP contribution in [-0.2, 0) is 4.79 Å². The first kappa shape index (κ1) is 30.4. The Morgan fingerprint density at radius 1 is 0.636 bits per heavy atom. The van der Waals surface area contributed by atoms with Gasteiger partial charge >= 0.3 is 0 Å². The Labute approximate surface area is 263 Å². The molecule has 3 aliphatic rings. The van der Waals surface area contributed by atoms with E-state index in [9.17, 15) is 9.59 Å². The summed E-state index contributed by atoms with van der Waals surface area (Å²) in [5, 5.41) is 3.47. The monoisotopic (exact) mass is 592 g/mol. The predicted molar refractivity (Wildman–Crippen MR) is 177 cm³/mol. The van der Waals surface area contributed by atoms with Crippen molar-refractivity contribution < 1.29 is 14.3 Å². The number of ether oxygens (including phenoxy) is 1. The summed E-state index contributed by atoms with van der Waals surface area (Å²) in [6, 6.07) is 25.6. The summed E-state index contributed by atoms with van der Waals surface area (Å²) in [5.74, 6) is 1.84. The fraction of sp³-hybridized carbons (Fsp3) is 0.487. The molecule has 0 spiro atoms. The lowest BCUT2D eigenvalue weighted by atomic mass is 9.80. The number of nitrogens with zero attached hydrogens (tertiary/aromatic N) is 1. The van der Waals surface area contributed by atoms with Crippen LogP contribution < -0.4 is 10.1 Å². The second-order valence-electron chi connectivity index (χ2n) is 13.2. The number of nitrogens with one attached hydrogen (secondary N) is 1. The molecule has 5 nitrogen and oxygen atoms in total. The Morgan fingerprint density at radius 2 is 1.20 bits per heavy atom. The maximum absolute atomic E-state index is 14.9. The third-order valence-corrected chi connectivity index (χ3v) is 10.1. The second kappa shape index (κ2) is 14.9. The lowest BCUT2D eigenvalue weighted by molar-refractivity contribution is -0.130. The molecule has 3 aromatic rings. The molecule has 0 saturated heterocycles. The molecule has 0 aliphatic heterocycles. The lowest BCUT2D eigenvalue weighted by Gasteiger charge is -2.44. The van der Waals surface area contributed by atoms with Gasteiger partial charge in [-0.2, -0.15) is 0 Å². The zero-order valence-electron chi connectivity index (χ0n) is 26.1. The first-order valence-electron chi connectivity index (χ1n) is 17.2. The molecule has 3 aliphatic carbocycles. The maximum atomic E-state index is 14.9. The molecule has 0 heterocycles. The molecular weight excluding hydrogens is 544 g/mol. The van der Waals surface area contributed by atoms with E-state index in [1.807, 2.05) is 78.9 Å². The zero-order valence-corrected chi connectivity index (χ0v) is 26.1. The summed E-state index contributed by atoms with van der Waals surface area (Å²) in [4.78, 5) is 31.4. The van der Waals surface area contributed by atoms with E-state index in [0.29, 0.717) is 5.56 Å². The zero-order chi connectivity index (χ0) is 30.1. The van der Waals surface area contributed by atoms with Crippen LogP contribution in [0.1, 0.15) is 107 Å². The van der Waals surface area contributed by atoms with Crippen LogP contribution in [0, 0.1) is 5.92 Å². The van der Waals surface area contributed by atoms with Crippen molar-refractivity contribution in [3.05, 3.63) is 84.4 Å². The number of hydrogen-bond acceptors (Lipinski definition) is 3. The fourth-order valence-electron chi connectivity index (χ4n) is 7.82. The standard InChI is InChI=1S/C39H48N2O3/c42-38(40-31-17-7-2-8-18-31)37(30-15-5-1-6-16-30)41(32-19-9-3-10-20-32)39(43)36-24-14-13-23-35(36)29-25-27-34(28-26-29)44-33-21-11-4-12-22-33/h4,11-14,21-28,30-32,37H,1-3,5-10,15-20H2,(H,40,42). The number of carbonyl (C=O) groups is 2. The summed E-state index contributed by atoms with van der Waals surface area (Å²) in [5.41, 5.74) is 2.56. The summed E-state index contributed by atoms with van der Waals surface area (Å²) in [6.45, 7) is 0. The van der Waals surface area contributed by atoms with E-state index in [2.05, 4.69) is 10.2 Å². The summed E-state index contributed by atoms with van der Waals surface area (Å²) >= 11 is 0. The van der Waals surface area contributed by atoms with Gasteiger partial charge in [0.15, 0.2) is 0 Å². The largest absolute Gasteiger partial charge is 0.457 e. The van der Waals surface area contributed by atoms with Crippen LogP contribution in [0.3, 0.4) is 0 Å². The number of benzene rings is 3. The quantitative estimate of drug-likeness (QED) is 0.269. The van der Waals surface area contributed by atoms with Gasteiger partial charge in [-0.25, -0.2) is 0 Å². The topological polar surface area (TPSA) is 58.6 Å². The van der Waals surface area contributed by atoms with Gasteiger partial charge < -0.3 is 15.0 Å². The molecule has 44 heavy (non-hydrogen) atoms. The highest BCUT2D eigenvalue weighted by molar-refractivity contribution is 6.03. The van der Waals surface area contributed by atoms with Crippen LogP contribution in [-0.4, -0.2) is 34.8 Å². The SMILES string of the molecule is O=C(NC1CCCCC1)C(C1CCCCC1)N(C(=O)c1ccccc1-c1ccc(Oc2ccccc2)cc1)C1CCCCC1. The second-order valence-corrected chi connectivity index (χ2v) is 13.2. The highest BCUT2D eigenvalue weighted by Gasteiger charge is 2.42. The van der Waals surface area contributed by atoms with E-state index in [0.717, 1.165) is 86.8 Å². The molecule has 3 fully saturated rings. The lowest BCUT2D eigenvalue weighted by Crippen LogP contribution is -2.59. The van der Waals surface area contributed by atoms with Crippen LogP contribution in [0.4, 0.5) is 0 Å². The van der Waals surface area contributed by atoms with Crippen molar-refractivity contribution in [1.29, 1.82) is 0 Å². The molecule has 1 unspecified atom stereocenters. The van der Waals surface area contributed by atoms with Crippen LogP contribution in [0.15, 0.2) is 78.9 Å². The minimum atomic E-state index is -0.414. The van der Waals surface area contributed by atoms with Gasteiger partial charge in [-0.05, 0) is 85.9 Å². The molecule has 3 saturated carbocycles. The maximum Gasteiger partial charge on any atom is 0.255 e. The van der Waals surface area contributed by atoms with Crippen molar-refractivity contribution in [3.8, 4) is 22.6 Å². The Hall–Kier alpha value is -3.60. The van der Waals surface area contributed by atoms with Gasteiger partial charge in [-0.15, -0.1) is 0 Å². The summed E-state index contributed by atoms with van der Waals surface area (Å²) in [6.07, 6.45) is 16.6. The van der Waals surface area contributed by atoms with Gasteiger partial charge in [0.05, 0.1) is 0 Å². The highest BCUT2D eigenvalue weighted by Crippen LogP contribution is 2.36. The molecule has 1 atom stereocenters. The van der Waals surface area contributed by atoms with E-state index in [1.54, 1.807) is 0 Å². The van der Waals surface area contributed by atoms with Crippen molar-refractivity contribution in [3.63, 3.8) is 0 Å². The summed E-state index contributed by atoms with van der Waals surface area (Å²) < 4.78 is 6.03. The first-order chi connectivity index (χ1) is 21.7.